The number of morpholine rings is 1. The molecule has 1 rings (SSSR count). The van der Waals surface area contributed by atoms with Crippen LogP contribution in [0, 0.1) is 0 Å². The number of methoxy groups -OCH3 is 1. The summed E-state index contributed by atoms with van der Waals surface area (Å²) >= 11 is 0. The van der Waals surface area contributed by atoms with Gasteiger partial charge in [0.2, 0.25) is 0 Å². The van der Waals surface area contributed by atoms with Gasteiger partial charge >= 0.3 is 6.09 Å². The summed E-state index contributed by atoms with van der Waals surface area (Å²) in [4.78, 5) is 13.7. The molecule has 1 fully saturated rings. The summed E-state index contributed by atoms with van der Waals surface area (Å²) < 4.78 is 15.8. The Morgan fingerprint density at radius 2 is 2.18 bits per heavy atom. The minimum atomic E-state index is -0.457. The van der Waals surface area contributed by atoms with Crippen LogP contribution in [0.5, 0.6) is 0 Å². The lowest BCUT2D eigenvalue weighted by atomic mass is 10.1. The lowest BCUT2D eigenvalue weighted by Crippen LogP contribution is -2.50. The molecule has 0 N–H and O–H groups in total. The van der Waals surface area contributed by atoms with E-state index >= 15 is 0 Å². The third kappa shape index (κ3) is 4.91. The molecular formula is C12H23NO4. The van der Waals surface area contributed by atoms with E-state index in [1.807, 2.05) is 20.8 Å². The van der Waals surface area contributed by atoms with Crippen LogP contribution < -0.4 is 0 Å². The van der Waals surface area contributed by atoms with E-state index in [1.165, 1.54) is 0 Å². The van der Waals surface area contributed by atoms with Gasteiger partial charge in [0.1, 0.15) is 5.60 Å². The van der Waals surface area contributed by atoms with Gasteiger partial charge in [-0.15, -0.1) is 0 Å². The highest BCUT2D eigenvalue weighted by atomic mass is 16.6. The molecule has 1 unspecified atom stereocenters. The maximum absolute atomic E-state index is 12.0. The molecule has 0 spiro atoms. The molecule has 1 aliphatic heterocycles. The first-order chi connectivity index (χ1) is 7.94. The van der Waals surface area contributed by atoms with Crippen LogP contribution >= 0.6 is 0 Å². The van der Waals surface area contributed by atoms with Gasteiger partial charge in [-0.3, -0.25) is 0 Å². The molecule has 5 heteroatoms. The molecule has 0 bridgehead atoms. The van der Waals surface area contributed by atoms with Gasteiger partial charge < -0.3 is 19.1 Å². The van der Waals surface area contributed by atoms with Crippen LogP contribution in [-0.4, -0.2) is 56.1 Å². The average molecular weight is 245 g/mol. The Morgan fingerprint density at radius 1 is 1.47 bits per heavy atom. The van der Waals surface area contributed by atoms with E-state index in [1.54, 1.807) is 12.0 Å². The molecule has 0 radical (unpaired) electrons. The van der Waals surface area contributed by atoms with Crippen LogP contribution in [0.15, 0.2) is 0 Å². The van der Waals surface area contributed by atoms with Crippen LogP contribution in [0.3, 0.4) is 0 Å². The highest BCUT2D eigenvalue weighted by Crippen LogP contribution is 2.16. The van der Waals surface area contributed by atoms with Crippen LogP contribution in [0.4, 0.5) is 4.79 Å². The zero-order valence-corrected chi connectivity index (χ0v) is 11.2. The van der Waals surface area contributed by atoms with Gasteiger partial charge in [0.25, 0.3) is 0 Å². The molecule has 100 valence electrons. The number of ether oxygens (including phenoxy) is 3. The van der Waals surface area contributed by atoms with Gasteiger partial charge in [0.15, 0.2) is 0 Å². The van der Waals surface area contributed by atoms with Crippen molar-refractivity contribution in [1.29, 1.82) is 0 Å². The molecular weight excluding hydrogens is 222 g/mol. The molecule has 0 aromatic carbocycles. The van der Waals surface area contributed by atoms with Crippen molar-refractivity contribution in [3.63, 3.8) is 0 Å². The first-order valence-corrected chi connectivity index (χ1v) is 6.00. The topological polar surface area (TPSA) is 48.0 Å². The Kier molecular flexibility index (Phi) is 5.21. The predicted octanol–water partition coefficient (Wildman–Crippen LogP) is 1.66. The Balaban J connectivity index is 2.54. The molecule has 1 atom stereocenters. The predicted molar refractivity (Wildman–Crippen MR) is 64.0 cm³/mol. The molecule has 1 amide bonds. The van der Waals surface area contributed by atoms with Crippen molar-refractivity contribution in [2.45, 2.75) is 38.8 Å². The number of nitrogens with zero attached hydrogens (tertiary/aromatic N) is 1. The monoisotopic (exact) mass is 245 g/mol. The van der Waals surface area contributed by atoms with Crippen molar-refractivity contribution >= 4 is 6.09 Å². The van der Waals surface area contributed by atoms with E-state index < -0.39 is 5.60 Å². The van der Waals surface area contributed by atoms with E-state index in [4.69, 9.17) is 14.2 Å². The van der Waals surface area contributed by atoms with E-state index in [-0.39, 0.29) is 12.1 Å². The minimum Gasteiger partial charge on any atom is -0.444 e. The largest absolute Gasteiger partial charge is 0.444 e. The lowest BCUT2D eigenvalue weighted by Gasteiger charge is -2.36. The van der Waals surface area contributed by atoms with E-state index in [0.717, 1.165) is 6.42 Å². The molecule has 0 saturated carbocycles. The Labute approximate surface area is 103 Å². The summed E-state index contributed by atoms with van der Waals surface area (Å²) in [6.07, 6.45) is 0.511. The number of hydrogen-bond donors (Lipinski definition) is 0. The van der Waals surface area contributed by atoms with Gasteiger partial charge in [0.05, 0.1) is 19.3 Å². The molecule has 1 saturated heterocycles. The Hall–Kier alpha value is -0.810. The number of carbonyl (C=O) groups excluding carboxylic acids is 1. The van der Waals surface area contributed by atoms with Crippen LogP contribution in [0.25, 0.3) is 0 Å². The minimum absolute atomic E-state index is 0.0542. The molecule has 1 heterocycles. The molecule has 0 aromatic heterocycles. The fourth-order valence-corrected chi connectivity index (χ4v) is 1.71. The number of carbonyl (C=O) groups is 1. The van der Waals surface area contributed by atoms with Crippen LogP contribution in [0.1, 0.15) is 27.2 Å². The zero-order valence-electron chi connectivity index (χ0n) is 11.2. The zero-order chi connectivity index (χ0) is 12.9. The molecule has 0 aromatic rings. The third-order valence-corrected chi connectivity index (χ3v) is 2.51. The molecule has 1 aliphatic rings. The molecule has 5 nitrogen and oxygen atoms in total. The summed E-state index contributed by atoms with van der Waals surface area (Å²) in [6, 6.07) is 0.0542. The SMILES string of the molecule is COCCC1COCCN1C(=O)OC(C)(C)C. The van der Waals surface area contributed by atoms with E-state index in [2.05, 4.69) is 0 Å². The summed E-state index contributed by atoms with van der Waals surface area (Å²) in [5.41, 5.74) is -0.457. The van der Waals surface area contributed by atoms with Crippen LogP contribution in [-0.2, 0) is 14.2 Å². The highest BCUT2D eigenvalue weighted by molar-refractivity contribution is 5.68. The standard InChI is InChI=1S/C12H23NO4/c1-12(2,3)17-11(14)13-6-8-16-9-10(13)5-7-15-4/h10H,5-9H2,1-4H3. The fraction of sp³-hybridized carbons (Fsp3) is 0.917. The van der Waals surface area contributed by atoms with Crippen LogP contribution in [0.2, 0.25) is 0 Å². The van der Waals surface area contributed by atoms with Gasteiger partial charge in [-0.25, -0.2) is 4.79 Å². The maximum atomic E-state index is 12.0. The van der Waals surface area contributed by atoms with Crippen molar-refractivity contribution < 1.29 is 19.0 Å². The Morgan fingerprint density at radius 3 is 2.76 bits per heavy atom. The van der Waals surface area contributed by atoms with Crippen molar-refractivity contribution in [2.24, 2.45) is 0 Å². The van der Waals surface area contributed by atoms with E-state index in [0.29, 0.717) is 26.4 Å². The van der Waals surface area contributed by atoms with E-state index in [9.17, 15) is 4.79 Å². The van der Waals surface area contributed by atoms with Crippen molar-refractivity contribution in [3.05, 3.63) is 0 Å². The lowest BCUT2D eigenvalue weighted by molar-refractivity contribution is -0.0380. The smallest absolute Gasteiger partial charge is 0.410 e. The first kappa shape index (κ1) is 14.3. The average Bonchev–Trinajstić information content (AvgIpc) is 2.24. The van der Waals surface area contributed by atoms with Gasteiger partial charge in [-0.05, 0) is 27.2 Å². The summed E-state index contributed by atoms with van der Waals surface area (Å²) in [5.74, 6) is 0. The number of amides is 1. The second-order valence-corrected chi connectivity index (χ2v) is 5.18. The van der Waals surface area contributed by atoms with Crippen molar-refractivity contribution in [3.8, 4) is 0 Å². The summed E-state index contributed by atoms with van der Waals surface area (Å²) in [7, 11) is 1.65. The quantitative estimate of drug-likeness (QED) is 0.758. The van der Waals surface area contributed by atoms with Crippen molar-refractivity contribution in [1.82, 2.24) is 4.90 Å². The van der Waals surface area contributed by atoms with Gasteiger partial charge in [-0.2, -0.15) is 0 Å². The molecule has 0 aliphatic carbocycles. The number of hydrogen-bond acceptors (Lipinski definition) is 4. The maximum Gasteiger partial charge on any atom is 0.410 e. The second kappa shape index (κ2) is 6.21. The second-order valence-electron chi connectivity index (χ2n) is 5.18. The fourth-order valence-electron chi connectivity index (χ4n) is 1.71. The van der Waals surface area contributed by atoms with Crippen molar-refractivity contribution in [2.75, 3.05) is 33.5 Å². The van der Waals surface area contributed by atoms with Gasteiger partial charge in [0, 0.05) is 20.3 Å². The summed E-state index contributed by atoms with van der Waals surface area (Å²) in [5, 5.41) is 0. The molecule has 17 heavy (non-hydrogen) atoms. The first-order valence-electron chi connectivity index (χ1n) is 6.00. The normalized spacial score (nSPS) is 21.4. The Bertz CT molecular complexity index is 249. The third-order valence-electron chi connectivity index (χ3n) is 2.51. The summed E-state index contributed by atoms with van der Waals surface area (Å²) in [6.45, 7) is 7.95. The van der Waals surface area contributed by atoms with Gasteiger partial charge in [-0.1, -0.05) is 0 Å². The highest BCUT2D eigenvalue weighted by Gasteiger charge is 2.30. The number of rotatable bonds is 3.